The number of allylic oxidation sites excluding steroid dienone is 1. The number of amides is 2. The van der Waals surface area contributed by atoms with Crippen LogP contribution in [0.15, 0.2) is 35.4 Å². The number of fused-ring (bicyclic) bond motifs is 2. The maximum absolute atomic E-state index is 13.2. The first-order valence-electron chi connectivity index (χ1n) is 13.2. The van der Waals surface area contributed by atoms with Crippen molar-refractivity contribution in [2.45, 2.75) is 37.5 Å². The molecule has 0 bridgehead atoms. The van der Waals surface area contributed by atoms with E-state index in [1.807, 2.05) is 36.1 Å². The number of benzene rings is 1. The topological polar surface area (TPSA) is 142 Å². The van der Waals surface area contributed by atoms with Gasteiger partial charge in [0, 0.05) is 18.4 Å². The van der Waals surface area contributed by atoms with Crippen LogP contribution in [0, 0.1) is 0 Å². The number of aromatic amines is 1. The zero-order valence-corrected chi connectivity index (χ0v) is 22.8. The number of ether oxygens (including phenoxy) is 1. The summed E-state index contributed by atoms with van der Waals surface area (Å²) in [5, 5.41) is 7.07. The molecule has 39 heavy (non-hydrogen) atoms. The molecule has 0 saturated carbocycles. The highest BCUT2D eigenvalue weighted by Crippen LogP contribution is 2.39. The van der Waals surface area contributed by atoms with Gasteiger partial charge in [-0.25, -0.2) is 0 Å². The Kier molecular flexibility index (Phi) is 6.81. The Morgan fingerprint density at radius 3 is 2.82 bits per heavy atom. The molecule has 6 rings (SSSR count). The van der Waals surface area contributed by atoms with Gasteiger partial charge in [0.15, 0.2) is 0 Å². The van der Waals surface area contributed by atoms with E-state index in [-0.39, 0.29) is 17.9 Å². The Hall–Kier alpha value is -3.77. The molecule has 1 fully saturated rings. The number of nitrogens with two attached hydrogens (primary N) is 1. The van der Waals surface area contributed by atoms with E-state index in [1.165, 1.54) is 11.8 Å². The molecule has 0 radical (unpaired) electrons. The van der Waals surface area contributed by atoms with Gasteiger partial charge in [0.1, 0.15) is 22.5 Å². The lowest BCUT2D eigenvalue weighted by Gasteiger charge is -2.22. The molecule has 5 heterocycles. The molecule has 0 aliphatic carbocycles. The Morgan fingerprint density at radius 2 is 2.05 bits per heavy atom. The number of nitrogens with zero attached hydrogens (tertiary/aromatic N) is 4. The molecule has 1 aromatic carbocycles. The number of anilines is 4. The number of methoxy groups -OCH3 is 1. The summed E-state index contributed by atoms with van der Waals surface area (Å²) in [4.78, 5) is 42.9. The molecule has 2 amide bonds. The quantitative estimate of drug-likeness (QED) is 0.334. The number of H-pyrrole nitrogens is 1. The number of hydrogen-bond donors (Lipinski definition) is 4. The third-order valence-electron chi connectivity index (χ3n) is 7.45. The average Bonchev–Trinajstić information content (AvgIpc) is 3.70. The van der Waals surface area contributed by atoms with Crippen molar-refractivity contribution < 1.29 is 14.3 Å². The molecule has 3 aliphatic rings. The Balaban J connectivity index is 1.29. The number of carbonyl (C=O) groups excluding carboxylic acids is 2. The molecular weight excluding hydrogens is 516 g/mol. The van der Waals surface area contributed by atoms with Gasteiger partial charge in [-0.15, -0.1) is 11.8 Å². The van der Waals surface area contributed by atoms with Crippen LogP contribution < -0.4 is 26.0 Å². The van der Waals surface area contributed by atoms with Crippen molar-refractivity contribution in [3.05, 3.63) is 40.9 Å². The van der Waals surface area contributed by atoms with Crippen LogP contribution in [0.4, 0.5) is 23.1 Å². The first-order valence-corrected chi connectivity index (χ1v) is 14.0. The van der Waals surface area contributed by atoms with Gasteiger partial charge in [-0.2, -0.15) is 9.97 Å². The van der Waals surface area contributed by atoms with Crippen molar-refractivity contribution in [3.8, 4) is 5.75 Å². The summed E-state index contributed by atoms with van der Waals surface area (Å²) in [6.07, 6.45) is 6.87. The minimum Gasteiger partial charge on any atom is -0.495 e. The van der Waals surface area contributed by atoms with Gasteiger partial charge in [-0.1, -0.05) is 6.08 Å². The zero-order chi connectivity index (χ0) is 27.1. The smallest absolute Gasteiger partial charge is 0.241 e. The maximum Gasteiger partial charge on any atom is 0.241 e. The average molecular weight is 549 g/mol. The molecule has 2 unspecified atom stereocenters. The van der Waals surface area contributed by atoms with Crippen LogP contribution >= 0.6 is 11.8 Å². The van der Waals surface area contributed by atoms with Crippen LogP contribution in [0.25, 0.3) is 11.0 Å². The summed E-state index contributed by atoms with van der Waals surface area (Å²) in [5.74, 6) is 1.31. The second-order valence-electron chi connectivity index (χ2n) is 10.1. The number of aromatic nitrogens is 3. The SMILES string of the molecule is COc1cc2c(cc1Nc1nc(NC3C=C(C)SC3C(N)=O)c3cc[nH]c3n1)N(C(=O)CN1CCCC1)CC2. The van der Waals surface area contributed by atoms with E-state index >= 15 is 0 Å². The number of thioether (sulfide) groups is 1. The molecule has 5 N–H and O–H groups in total. The fraction of sp³-hybridized carbons (Fsp3) is 0.407. The highest BCUT2D eigenvalue weighted by molar-refractivity contribution is 8.04. The molecule has 3 aromatic rings. The van der Waals surface area contributed by atoms with Crippen LogP contribution in [-0.2, 0) is 16.0 Å². The first kappa shape index (κ1) is 25.5. The van der Waals surface area contributed by atoms with Crippen LogP contribution in [0.2, 0.25) is 0 Å². The van der Waals surface area contributed by atoms with Gasteiger partial charge in [0.05, 0.1) is 30.8 Å². The van der Waals surface area contributed by atoms with Crippen molar-refractivity contribution in [3.63, 3.8) is 0 Å². The Morgan fingerprint density at radius 1 is 1.23 bits per heavy atom. The number of likely N-dealkylation sites (tertiary alicyclic amines) is 1. The van der Waals surface area contributed by atoms with E-state index in [1.54, 1.807) is 13.3 Å². The van der Waals surface area contributed by atoms with Crippen molar-refractivity contribution in [2.75, 3.05) is 48.8 Å². The van der Waals surface area contributed by atoms with E-state index in [4.69, 9.17) is 15.5 Å². The maximum atomic E-state index is 13.2. The standard InChI is InChI=1S/C27H32N8O3S/c1-15-11-19(23(39-15)24(28)37)30-26-17-5-7-29-25(17)32-27(33-26)31-18-13-20-16(12-21(18)38-2)6-10-35(20)22(36)14-34-8-3-4-9-34/h5,7,11-13,19,23H,3-4,6,8-10,14H2,1-2H3,(H2,28,37)(H3,29,30,31,32,33). The van der Waals surface area contributed by atoms with Gasteiger partial charge in [-0.05, 0) is 67.9 Å². The van der Waals surface area contributed by atoms with E-state index in [0.717, 1.165) is 53.9 Å². The molecule has 204 valence electrons. The van der Waals surface area contributed by atoms with Crippen LogP contribution in [0.3, 0.4) is 0 Å². The summed E-state index contributed by atoms with van der Waals surface area (Å²) in [6.45, 7) is 5.01. The van der Waals surface area contributed by atoms with Gasteiger partial charge in [-0.3, -0.25) is 14.5 Å². The molecule has 0 spiro atoms. The highest BCUT2D eigenvalue weighted by atomic mass is 32.2. The lowest BCUT2D eigenvalue weighted by molar-refractivity contribution is -0.119. The Labute approximate surface area is 230 Å². The summed E-state index contributed by atoms with van der Waals surface area (Å²) in [7, 11) is 1.62. The summed E-state index contributed by atoms with van der Waals surface area (Å²) in [5.41, 5.74) is 8.92. The summed E-state index contributed by atoms with van der Waals surface area (Å²) >= 11 is 1.45. The number of carbonyl (C=O) groups is 2. The lowest BCUT2D eigenvalue weighted by Crippen LogP contribution is -2.38. The predicted octanol–water partition coefficient (Wildman–Crippen LogP) is 2.98. The minimum atomic E-state index is -0.425. The molecule has 3 aliphatic heterocycles. The van der Waals surface area contributed by atoms with Crippen molar-refractivity contribution in [1.82, 2.24) is 19.9 Å². The third-order valence-corrected chi connectivity index (χ3v) is 8.74. The van der Waals surface area contributed by atoms with E-state index in [0.29, 0.717) is 41.9 Å². The Bertz CT molecular complexity index is 1460. The summed E-state index contributed by atoms with van der Waals surface area (Å²) < 4.78 is 5.69. The van der Waals surface area contributed by atoms with Crippen LogP contribution in [0.5, 0.6) is 5.75 Å². The molecule has 2 aromatic heterocycles. The summed E-state index contributed by atoms with van der Waals surface area (Å²) in [6, 6.07) is 5.52. The molecule has 2 atom stereocenters. The fourth-order valence-corrected chi connectivity index (χ4v) is 6.58. The van der Waals surface area contributed by atoms with Gasteiger partial charge in [0.2, 0.25) is 17.8 Å². The second kappa shape index (κ2) is 10.4. The number of rotatable bonds is 8. The fourth-order valence-electron chi connectivity index (χ4n) is 5.55. The van der Waals surface area contributed by atoms with Crippen molar-refractivity contribution in [1.29, 1.82) is 0 Å². The zero-order valence-electron chi connectivity index (χ0n) is 22.0. The highest BCUT2D eigenvalue weighted by Gasteiger charge is 2.32. The largest absolute Gasteiger partial charge is 0.495 e. The number of nitrogens with one attached hydrogen (secondary N) is 3. The van der Waals surface area contributed by atoms with Crippen LogP contribution in [-0.4, -0.2) is 76.2 Å². The predicted molar refractivity (Wildman–Crippen MR) is 154 cm³/mol. The monoisotopic (exact) mass is 548 g/mol. The van der Waals surface area contributed by atoms with Gasteiger partial charge < -0.3 is 31.0 Å². The molecular formula is C27H32N8O3S. The first-order chi connectivity index (χ1) is 18.9. The van der Waals surface area contributed by atoms with E-state index in [2.05, 4.69) is 25.5 Å². The number of primary amides is 1. The molecule has 1 saturated heterocycles. The van der Waals surface area contributed by atoms with Gasteiger partial charge >= 0.3 is 0 Å². The number of hydrogen-bond acceptors (Lipinski definition) is 9. The van der Waals surface area contributed by atoms with Crippen molar-refractivity contribution >= 4 is 57.8 Å². The minimum absolute atomic E-state index is 0.115. The lowest BCUT2D eigenvalue weighted by atomic mass is 10.1. The van der Waals surface area contributed by atoms with Crippen LogP contribution in [0.1, 0.15) is 25.3 Å². The van der Waals surface area contributed by atoms with Crippen molar-refractivity contribution in [2.24, 2.45) is 5.73 Å². The molecule has 12 heteroatoms. The van der Waals surface area contributed by atoms with E-state index in [9.17, 15) is 9.59 Å². The van der Waals surface area contributed by atoms with E-state index < -0.39 is 5.25 Å². The normalized spacial score (nSPS) is 20.8. The molecule has 11 nitrogen and oxygen atoms in total. The third kappa shape index (κ3) is 5.01. The second-order valence-corrected chi connectivity index (χ2v) is 11.5. The van der Waals surface area contributed by atoms with Gasteiger partial charge in [0.25, 0.3) is 0 Å².